The van der Waals surface area contributed by atoms with E-state index in [1.165, 1.54) is 0 Å². The van der Waals surface area contributed by atoms with Gasteiger partial charge in [-0.15, -0.1) is 12.4 Å². The van der Waals surface area contributed by atoms with E-state index in [2.05, 4.69) is 10.0 Å². The molecular weight excluding hydrogens is 394 g/mol. The topological polar surface area (TPSA) is 116 Å². The monoisotopic (exact) mass is 419 g/mol. The quantitative estimate of drug-likeness (QED) is 0.568. The van der Waals surface area contributed by atoms with Crippen LogP contribution in [-0.4, -0.2) is 63.0 Å². The number of aliphatic carboxylic acids is 1. The largest absolute Gasteiger partial charge is 0.480 e. The molecule has 1 atom stereocenters. The molecule has 1 heterocycles. The van der Waals surface area contributed by atoms with E-state index in [-0.39, 0.29) is 35.7 Å². The van der Waals surface area contributed by atoms with E-state index in [9.17, 15) is 18.0 Å². The molecule has 1 saturated heterocycles. The van der Waals surface area contributed by atoms with Gasteiger partial charge < -0.3 is 10.4 Å². The fourth-order valence-electron chi connectivity index (χ4n) is 2.92. The van der Waals surface area contributed by atoms with Crippen molar-refractivity contribution in [2.45, 2.75) is 24.7 Å². The maximum Gasteiger partial charge on any atom is 0.322 e. The molecule has 0 saturated carbocycles. The maximum absolute atomic E-state index is 12.4. The number of carboxylic acids is 1. The van der Waals surface area contributed by atoms with Gasteiger partial charge >= 0.3 is 5.97 Å². The van der Waals surface area contributed by atoms with Crippen LogP contribution in [0.4, 0.5) is 0 Å². The summed E-state index contributed by atoms with van der Waals surface area (Å²) in [5.41, 5.74) is 0.994. The molecule has 0 aliphatic carbocycles. The van der Waals surface area contributed by atoms with Gasteiger partial charge in [-0.05, 0) is 44.4 Å². The third kappa shape index (κ3) is 7.84. The summed E-state index contributed by atoms with van der Waals surface area (Å²) in [5.74, 6) is -1.31. The lowest BCUT2D eigenvalue weighted by molar-refractivity contribution is -0.138. The van der Waals surface area contributed by atoms with E-state index in [1.54, 1.807) is 24.3 Å². The number of aryl methyl sites for hydroxylation is 1. The van der Waals surface area contributed by atoms with Crippen LogP contribution in [0, 0.1) is 12.8 Å². The van der Waals surface area contributed by atoms with Crippen molar-refractivity contribution in [1.82, 2.24) is 14.9 Å². The summed E-state index contributed by atoms with van der Waals surface area (Å²) >= 11 is 0. The number of carbonyl (C=O) groups excluding carboxylic acids is 1. The summed E-state index contributed by atoms with van der Waals surface area (Å²) in [5, 5.41) is 10.9. The number of hydrogen-bond donors (Lipinski definition) is 3. The Morgan fingerprint density at radius 2 is 1.93 bits per heavy atom. The fourth-order valence-corrected chi connectivity index (χ4v) is 4.04. The molecule has 3 N–H and O–H groups in total. The van der Waals surface area contributed by atoms with E-state index in [1.807, 2.05) is 11.8 Å². The number of nitrogens with zero attached hydrogens (tertiary/aromatic N) is 1. The molecule has 152 valence electrons. The minimum atomic E-state index is -3.55. The van der Waals surface area contributed by atoms with Gasteiger partial charge in [0.1, 0.15) is 6.54 Å². The highest BCUT2D eigenvalue weighted by atomic mass is 35.5. The first-order valence-electron chi connectivity index (χ1n) is 8.53. The lowest BCUT2D eigenvalue weighted by Gasteiger charge is -2.32. The Morgan fingerprint density at radius 3 is 2.56 bits per heavy atom. The van der Waals surface area contributed by atoms with Crippen LogP contribution in [0.2, 0.25) is 0 Å². The van der Waals surface area contributed by atoms with Crippen LogP contribution in [0.25, 0.3) is 0 Å². The molecule has 1 amide bonds. The van der Waals surface area contributed by atoms with Gasteiger partial charge in [-0.1, -0.05) is 17.7 Å². The number of benzene rings is 1. The molecular formula is C17H26ClN3O5S. The van der Waals surface area contributed by atoms with Gasteiger partial charge in [-0.2, -0.15) is 0 Å². The van der Waals surface area contributed by atoms with Crippen LogP contribution < -0.4 is 10.0 Å². The predicted octanol–water partition coefficient (Wildman–Crippen LogP) is 0.608. The number of nitrogens with one attached hydrogen (secondary N) is 2. The summed E-state index contributed by atoms with van der Waals surface area (Å²) in [4.78, 5) is 24.4. The van der Waals surface area contributed by atoms with Gasteiger partial charge in [0.05, 0.1) is 11.4 Å². The lowest BCUT2D eigenvalue weighted by Crippen LogP contribution is -2.45. The molecule has 1 aromatic rings. The number of carbonyl (C=O) groups is 2. The van der Waals surface area contributed by atoms with Crippen molar-refractivity contribution >= 4 is 34.3 Å². The average molecular weight is 420 g/mol. The molecule has 8 nitrogen and oxygen atoms in total. The maximum atomic E-state index is 12.4. The van der Waals surface area contributed by atoms with Crippen molar-refractivity contribution in [3.63, 3.8) is 0 Å². The van der Waals surface area contributed by atoms with E-state index in [0.29, 0.717) is 13.1 Å². The van der Waals surface area contributed by atoms with Crippen molar-refractivity contribution in [3.8, 4) is 0 Å². The predicted molar refractivity (Wildman–Crippen MR) is 103 cm³/mol. The summed E-state index contributed by atoms with van der Waals surface area (Å²) in [7, 11) is -3.55. The average Bonchev–Trinajstić information content (AvgIpc) is 2.59. The molecule has 2 rings (SSSR count). The fraction of sp³-hybridized carbons (Fsp3) is 0.529. The van der Waals surface area contributed by atoms with Crippen LogP contribution in [-0.2, 0) is 19.6 Å². The van der Waals surface area contributed by atoms with E-state index in [0.717, 1.165) is 24.9 Å². The van der Waals surface area contributed by atoms with Gasteiger partial charge in [-0.3, -0.25) is 14.5 Å². The molecule has 0 radical (unpaired) electrons. The van der Waals surface area contributed by atoms with Crippen LogP contribution in [0.5, 0.6) is 0 Å². The third-order valence-electron chi connectivity index (χ3n) is 4.30. The highest BCUT2D eigenvalue weighted by Gasteiger charge is 2.23. The molecule has 1 aliphatic heterocycles. The third-order valence-corrected chi connectivity index (χ3v) is 5.74. The SMILES string of the molecule is Cc1ccc(S(=O)(=O)NCC2CCCN(CC(=O)NCC(=O)O)C2)cc1.Cl. The Morgan fingerprint density at radius 1 is 1.26 bits per heavy atom. The normalized spacial score (nSPS) is 17.7. The summed E-state index contributed by atoms with van der Waals surface area (Å²) in [6.45, 7) is 3.26. The van der Waals surface area contributed by atoms with Gasteiger partial charge in [0.2, 0.25) is 15.9 Å². The Hall–Kier alpha value is -1.68. The van der Waals surface area contributed by atoms with E-state index in [4.69, 9.17) is 5.11 Å². The van der Waals surface area contributed by atoms with Gasteiger partial charge in [0, 0.05) is 13.1 Å². The Kier molecular flexibility index (Phi) is 9.17. The van der Waals surface area contributed by atoms with Gasteiger partial charge in [0.25, 0.3) is 0 Å². The van der Waals surface area contributed by atoms with E-state index < -0.39 is 22.5 Å². The number of halogens is 1. The first-order chi connectivity index (χ1) is 12.3. The van der Waals surface area contributed by atoms with Crippen LogP contribution in [0.3, 0.4) is 0 Å². The first kappa shape index (κ1) is 23.4. The summed E-state index contributed by atoms with van der Waals surface area (Å²) < 4.78 is 27.3. The summed E-state index contributed by atoms with van der Waals surface area (Å²) in [6.07, 6.45) is 1.74. The number of hydrogen-bond acceptors (Lipinski definition) is 5. The molecule has 1 unspecified atom stereocenters. The second kappa shape index (κ2) is 10.6. The first-order valence-corrected chi connectivity index (χ1v) is 10.0. The highest BCUT2D eigenvalue weighted by molar-refractivity contribution is 7.89. The molecule has 1 fully saturated rings. The number of amides is 1. The van der Waals surface area contributed by atoms with Crippen LogP contribution in [0.15, 0.2) is 29.2 Å². The van der Waals surface area contributed by atoms with Crippen molar-refractivity contribution in [2.24, 2.45) is 5.92 Å². The van der Waals surface area contributed by atoms with Crippen molar-refractivity contribution in [3.05, 3.63) is 29.8 Å². The highest BCUT2D eigenvalue weighted by Crippen LogP contribution is 2.17. The minimum Gasteiger partial charge on any atom is -0.480 e. The zero-order valence-electron chi connectivity index (χ0n) is 15.2. The van der Waals surface area contributed by atoms with Crippen molar-refractivity contribution in [2.75, 3.05) is 32.7 Å². The van der Waals surface area contributed by atoms with Crippen molar-refractivity contribution in [1.29, 1.82) is 0 Å². The molecule has 10 heteroatoms. The number of piperidine rings is 1. The molecule has 0 aromatic heterocycles. The number of carboxylic acid groups (broad SMARTS) is 1. The smallest absolute Gasteiger partial charge is 0.322 e. The van der Waals surface area contributed by atoms with Gasteiger partial charge in [0.15, 0.2) is 0 Å². The molecule has 1 aliphatic rings. The standard InChI is InChI=1S/C17H25N3O5S.ClH/c1-13-4-6-15(7-5-13)26(24,25)19-9-14-3-2-8-20(11-14)12-16(21)18-10-17(22)23;/h4-7,14,19H,2-3,8-12H2,1H3,(H,18,21)(H,22,23);1H. The Balaban J connectivity index is 0.00000364. The van der Waals surface area contributed by atoms with Gasteiger partial charge in [-0.25, -0.2) is 13.1 Å². The molecule has 0 bridgehead atoms. The molecule has 1 aromatic carbocycles. The Labute approximate surface area is 165 Å². The Bertz CT molecular complexity index is 739. The lowest BCUT2D eigenvalue weighted by atomic mass is 9.98. The molecule has 0 spiro atoms. The zero-order chi connectivity index (χ0) is 19.2. The van der Waals surface area contributed by atoms with E-state index >= 15 is 0 Å². The van der Waals surface area contributed by atoms with Crippen molar-refractivity contribution < 1.29 is 23.1 Å². The van der Waals surface area contributed by atoms with Crippen LogP contribution >= 0.6 is 12.4 Å². The minimum absolute atomic E-state index is 0. The second-order valence-corrected chi connectivity index (χ2v) is 8.35. The van der Waals surface area contributed by atoms with Crippen LogP contribution in [0.1, 0.15) is 18.4 Å². The zero-order valence-corrected chi connectivity index (χ0v) is 16.8. The summed E-state index contributed by atoms with van der Waals surface area (Å²) in [6, 6.07) is 6.68. The number of sulfonamides is 1. The number of likely N-dealkylation sites (tertiary alicyclic amines) is 1. The number of rotatable bonds is 8. The second-order valence-electron chi connectivity index (χ2n) is 6.58. The molecule has 27 heavy (non-hydrogen) atoms.